The van der Waals surface area contributed by atoms with E-state index in [1.54, 1.807) is 71.6 Å². The maximum atomic E-state index is 12.8. The zero-order chi connectivity index (χ0) is 30.2. The van der Waals surface area contributed by atoms with E-state index in [1.807, 2.05) is 36.4 Å². The monoisotopic (exact) mass is 576 g/mol. The molecular formula is C34H32N4O5. The fourth-order valence-electron chi connectivity index (χ4n) is 5.03. The molecule has 3 amide bonds. The SMILES string of the molecule is O=C(O)CC(NC(=O)c1ccccc1)c1ccc(NCC(=O)Cc2ccc(NC(=O)N3CCc4ccccc43)cc2)cc1. The van der Waals surface area contributed by atoms with Gasteiger partial charge in [-0.15, -0.1) is 0 Å². The molecule has 0 radical (unpaired) electrons. The van der Waals surface area contributed by atoms with Crippen LogP contribution in [0.5, 0.6) is 0 Å². The van der Waals surface area contributed by atoms with E-state index < -0.39 is 12.0 Å². The fourth-order valence-corrected chi connectivity index (χ4v) is 5.03. The molecule has 4 aromatic carbocycles. The van der Waals surface area contributed by atoms with Gasteiger partial charge in [-0.25, -0.2) is 4.79 Å². The third kappa shape index (κ3) is 7.65. The van der Waals surface area contributed by atoms with E-state index in [1.165, 1.54) is 0 Å². The lowest BCUT2D eigenvalue weighted by Crippen LogP contribution is -2.33. The second-order valence-electron chi connectivity index (χ2n) is 10.3. The number of rotatable bonds is 11. The first kappa shape index (κ1) is 29.1. The molecule has 0 bridgehead atoms. The molecule has 4 N–H and O–H groups in total. The molecule has 43 heavy (non-hydrogen) atoms. The molecule has 0 aromatic heterocycles. The van der Waals surface area contributed by atoms with Crippen molar-refractivity contribution in [3.63, 3.8) is 0 Å². The summed E-state index contributed by atoms with van der Waals surface area (Å²) < 4.78 is 0. The van der Waals surface area contributed by atoms with Gasteiger partial charge in [-0.3, -0.25) is 19.3 Å². The van der Waals surface area contributed by atoms with Gasteiger partial charge in [0.1, 0.15) is 0 Å². The van der Waals surface area contributed by atoms with Crippen LogP contribution in [-0.2, 0) is 22.4 Å². The smallest absolute Gasteiger partial charge is 0.326 e. The van der Waals surface area contributed by atoms with Gasteiger partial charge < -0.3 is 21.1 Å². The van der Waals surface area contributed by atoms with Crippen molar-refractivity contribution in [1.82, 2.24) is 5.32 Å². The molecule has 0 spiro atoms. The Kier molecular flexibility index (Phi) is 9.11. The van der Waals surface area contributed by atoms with Gasteiger partial charge in [-0.2, -0.15) is 0 Å². The molecule has 9 heteroatoms. The van der Waals surface area contributed by atoms with Crippen LogP contribution in [0.15, 0.2) is 103 Å². The van der Waals surface area contributed by atoms with Crippen molar-refractivity contribution in [2.24, 2.45) is 0 Å². The Morgan fingerprint density at radius 3 is 2.19 bits per heavy atom. The third-order valence-corrected chi connectivity index (χ3v) is 7.26. The number of ketones is 1. The molecule has 9 nitrogen and oxygen atoms in total. The summed E-state index contributed by atoms with van der Waals surface area (Å²) in [6.07, 6.45) is 0.796. The lowest BCUT2D eigenvalue weighted by atomic mass is 10.0. The molecular weight excluding hydrogens is 544 g/mol. The van der Waals surface area contributed by atoms with Gasteiger partial charge in [0.15, 0.2) is 5.78 Å². The number of aliphatic carboxylic acids is 1. The van der Waals surface area contributed by atoms with E-state index >= 15 is 0 Å². The molecule has 0 saturated heterocycles. The zero-order valence-electron chi connectivity index (χ0n) is 23.5. The van der Waals surface area contributed by atoms with E-state index in [4.69, 9.17) is 0 Å². The molecule has 5 rings (SSSR count). The largest absolute Gasteiger partial charge is 0.481 e. The highest BCUT2D eigenvalue weighted by Gasteiger charge is 2.24. The van der Waals surface area contributed by atoms with Crippen LogP contribution in [0, 0.1) is 0 Å². The number of carbonyl (C=O) groups excluding carboxylic acids is 3. The standard InChI is InChI=1S/C34H32N4O5/c39-29(20-23-10-14-28(15-11-23)36-34(43)38-19-18-25-6-4-5-9-31(25)38)22-35-27-16-12-24(13-17-27)30(21-32(40)41)37-33(42)26-7-2-1-3-8-26/h1-17,30,35H,18-22H2,(H,36,43)(H,37,42)(H,40,41). The molecule has 1 unspecified atom stereocenters. The molecule has 0 aliphatic carbocycles. The van der Waals surface area contributed by atoms with Gasteiger partial charge in [-0.05, 0) is 65.6 Å². The fraction of sp³-hybridized carbons (Fsp3) is 0.176. The van der Waals surface area contributed by atoms with Crippen LogP contribution in [0.4, 0.5) is 21.9 Å². The number of carboxylic acids is 1. The molecule has 1 aliphatic rings. The van der Waals surface area contributed by atoms with E-state index in [0.717, 1.165) is 23.2 Å². The number of carbonyl (C=O) groups is 4. The van der Waals surface area contributed by atoms with Crippen molar-refractivity contribution in [2.75, 3.05) is 28.6 Å². The summed E-state index contributed by atoms with van der Waals surface area (Å²) in [5.41, 5.74) is 5.36. The molecule has 218 valence electrons. The van der Waals surface area contributed by atoms with Crippen LogP contribution in [0.1, 0.15) is 39.5 Å². The lowest BCUT2D eigenvalue weighted by molar-refractivity contribution is -0.137. The maximum Gasteiger partial charge on any atom is 0.326 e. The Balaban J connectivity index is 1.11. The number of para-hydroxylation sites is 1. The van der Waals surface area contributed by atoms with Gasteiger partial charge in [0.25, 0.3) is 5.91 Å². The number of amides is 3. The van der Waals surface area contributed by atoms with Crippen LogP contribution in [0.3, 0.4) is 0 Å². The number of fused-ring (bicyclic) bond motifs is 1. The Bertz CT molecular complexity index is 1600. The highest BCUT2D eigenvalue weighted by Crippen LogP contribution is 2.28. The second-order valence-corrected chi connectivity index (χ2v) is 10.3. The van der Waals surface area contributed by atoms with Crippen molar-refractivity contribution in [3.05, 3.63) is 125 Å². The molecule has 4 aromatic rings. The number of nitrogens with zero attached hydrogens (tertiary/aromatic N) is 1. The molecule has 1 heterocycles. The first-order valence-electron chi connectivity index (χ1n) is 14.0. The second kappa shape index (κ2) is 13.5. The average Bonchev–Trinajstić information content (AvgIpc) is 3.46. The van der Waals surface area contributed by atoms with Crippen molar-refractivity contribution in [2.45, 2.75) is 25.3 Å². The Morgan fingerprint density at radius 1 is 0.791 bits per heavy atom. The Hall–Kier alpha value is -5.44. The van der Waals surface area contributed by atoms with Crippen LogP contribution in [-0.4, -0.2) is 41.9 Å². The van der Waals surface area contributed by atoms with Gasteiger partial charge >= 0.3 is 12.0 Å². The number of anilines is 3. The van der Waals surface area contributed by atoms with Crippen molar-refractivity contribution in [3.8, 4) is 0 Å². The lowest BCUT2D eigenvalue weighted by Gasteiger charge is -2.18. The number of carboxylic acid groups (broad SMARTS) is 1. The summed E-state index contributed by atoms with van der Waals surface area (Å²) in [7, 11) is 0. The Morgan fingerprint density at radius 2 is 1.47 bits per heavy atom. The predicted molar refractivity (Wildman–Crippen MR) is 165 cm³/mol. The van der Waals surface area contributed by atoms with Crippen molar-refractivity contribution < 1.29 is 24.3 Å². The topological polar surface area (TPSA) is 128 Å². The number of Topliss-reactive ketones (excluding diaryl/α,β-unsaturated/α-hetero) is 1. The number of benzene rings is 4. The van der Waals surface area contributed by atoms with Gasteiger partial charge in [0.05, 0.1) is 19.0 Å². The number of hydrogen-bond donors (Lipinski definition) is 4. The zero-order valence-corrected chi connectivity index (χ0v) is 23.5. The highest BCUT2D eigenvalue weighted by atomic mass is 16.4. The minimum Gasteiger partial charge on any atom is -0.481 e. The first-order chi connectivity index (χ1) is 20.9. The molecule has 0 saturated carbocycles. The van der Waals surface area contributed by atoms with Gasteiger partial charge in [0, 0.05) is 35.6 Å². The number of urea groups is 1. The summed E-state index contributed by atoms with van der Waals surface area (Å²) >= 11 is 0. The van der Waals surface area contributed by atoms with Crippen molar-refractivity contribution >= 4 is 40.8 Å². The highest BCUT2D eigenvalue weighted by molar-refractivity contribution is 6.03. The van der Waals surface area contributed by atoms with E-state index in [0.29, 0.717) is 29.0 Å². The van der Waals surface area contributed by atoms with Gasteiger partial charge in [0.2, 0.25) is 0 Å². The molecule has 1 aliphatic heterocycles. The molecule has 0 fully saturated rings. The van der Waals surface area contributed by atoms with E-state index in [-0.39, 0.29) is 37.1 Å². The van der Waals surface area contributed by atoms with Crippen LogP contribution in [0.2, 0.25) is 0 Å². The normalized spacial score (nSPS) is 12.6. The summed E-state index contributed by atoms with van der Waals surface area (Å²) in [6.45, 7) is 0.747. The van der Waals surface area contributed by atoms with Crippen molar-refractivity contribution in [1.29, 1.82) is 0 Å². The van der Waals surface area contributed by atoms with E-state index in [2.05, 4.69) is 16.0 Å². The number of nitrogens with one attached hydrogen (secondary N) is 3. The quantitative estimate of drug-likeness (QED) is 0.188. The van der Waals surface area contributed by atoms with E-state index in [9.17, 15) is 24.3 Å². The number of hydrogen-bond acceptors (Lipinski definition) is 5. The van der Waals surface area contributed by atoms with Crippen LogP contribution < -0.4 is 20.9 Å². The van der Waals surface area contributed by atoms with Crippen LogP contribution >= 0.6 is 0 Å². The summed E-state index contributed by atoms with van der Waals surface area (Å²) in [6, 6.07) is 29.8. The maximum absolute atomic E-state index is 12.8. The summed E-state index contributed by atoms with van der Waals surface area (Å²) in [5.74, 6) is -1.40. The summed E-state index contributed by atoms with van der Waals surface area (Å²) in [5, 5.41) is 18.2. The summed E-state index contributed by atoms with van der Waals surface area (Å²) in [4.78, 5) is 51.2. The third-order valence-electron chi connectivity index (χ3n) is 7.26. The molecule has 1 atom stereocenters. The predicted octanol–water partition coefficient (Wildman–Crippen LogP) is 5.45. The van der Waals surface area contributed by atoms with Crippen LogP contribution in [0.25, 0.3) is 0 Å². The first-order valence-corrected chi connectivity index (χ1v) is 14.0. The average molecular weight is 577 g/mol. The Labute approximate surface area is 249 Å². The van der Waals surface area contributed by atoms with Gasteiger partial charge in [-0.1, -0.05) is 60.7 Å². The minimum atomic E-state index is -1.03. The minimum absolute atomic E-state index is 0.0200.